The van der Waals surface area contributed by atoms with Gasteiger partial charge in [-0.15, -0.1) is 0 Å². The quantitative estimate of drug-likeness (QED) is 0.854. The fourth-order valence-corrected chi connectivity index (χ4v) is 2.25. The number of aromatic nitrogens is 2. The molecule has 0 unspecified atom stereocenters. The zero-order chi connectivity index (χ0) is 14.8. The van der Waals surface area contributed by atoms with Crippen LogP contribution >= 0.6 is 0 Å². The summed E-state index contributed by atoms with van der Waals surface area (Å²) in [6, 6.07) is 6.08. The van der Waals surface area contributed by atoms with Crippen molar-refractivity contribution in [2.75, 3.05) is 5.32 Å². The van der Waals surface area contributed by atoms with E-state index in [1.165, 1.54) is 18.2 Å². The average Bonchev–Trinajstić information content (AvgIpc) is 2.81. The summed E-state index contributed by atoms with van der Waals surface area (Å²) in [5.74, 6) is 0. The van der Waals surface area contributed by atoms with Crippen molar-refractivity contribution in [3.8, 4) is 6.07 Å². The minimum atomic E-state index is -3.81. The lowest BCUT2D eigenvalue weighted by Gasteiger charge is -2.08. The molecule has 104 valence electrons. The molecule has 1 aromatic heterocycles. The first kappa shape index (κ1) is 14.0. The van der Waals surface area contributed by atoms with Crippen LogP contribution in [0.5, 0.6) is 0 Å². The van der Waals surface area contributed by atoms with Gasteiger partial charge in [-0.2, -0.15) is 10.4 Å². The van der Waals surface area contributed by atoms with Crippen LogP contribution in [-0.2, 0) is 23.6 Å². The Labute approximate surface area is 116 Å². The number of nitrogens with zero attached hydrogens (tertiary/aromatic N) is 3. The lowest BCUT2D eigenvalue weighted by Crippen LogP contribution is -2.12. The third kappa shape index (κ3) is 3.14. The molecule has 0 saturated heterocycles. The molecule has 2 rings (SSSR count). The highest BCUT2D eigenvalue weighted by Crippen LogP contribution is 2.19. The van der Waals surface area contributed by atoms with Crippen molar-refractivity contribution in [2.24, 2.45) is 12.2 Å². The number of hydrogen-bond donors (Lipinski definition) is 2. The van der Waals surface area contributed by atoms with Gasteiger partial charge in [0, 0.05) is 25.4 Å². The predicted octanol–water partition coefficient (Wildman–Crippen LogP) is 0.551. The van der Waals surface area contributed by atoms with Crippen LogP contribution in [0.15, 0.2) is 35.5 Å². The summed E-state index contributed by atoms with van der Waals surface area (Å²) in [5, 5.41) is 21.2. The maximum absolute atomic E-state index is 11.2. The van der Waals surface area contributed by atoms with Crippen LogP contribution in [0.2, 0.25) is 0 Å². The van der Waals surface area contributed by atoms with E-state index in [0.29, 0.717) is 12.2 Å². The summed E-state index contributed by atoms with van der Waals surface area (Å²) in [5.41, 5.74) is 1.72. The van der Waals surface area contributed by atoms with Crippen molar-refractivity contribution in [3.05, 3.63) is 41.7 Å². The SMILES string of the molecule is Cn1cc(CNc2ccc(S(N)(=O)=O)cc2C#N)cn1. The van der Waals surface area contributed by atoms with E-state index in [0.717, 1.165) is 5.56 Å². The highest BCUT2D eigenvalue weighted by Gasteiger charge is 2.11. The van der Waals surface area contributed by atoms with E-state index in [2.05, 4.69) is 10.4 Å². The molecule has 1 heterocycles. The molecule has 0 aliphatic carbocycles. The summed E-state index contributed by atoms with van der Waals surface area (Å²) in [6.07, 6.45) is 3.55. The Morgan fingerprint density at radius 2 is 2.25 bits per heavy atom. The Morgan fingerprint density at radius 1 is 1.50 bits per heavy atom. The molecule has 0 fully saturated rings. The van der Waals surface area contributed by atoms with Gasteiger partial charge in [0.2, 0.25) is 10.0 Å². The van der Waals surface area contributed by atoms with Gasteiger partial charge in [0.15, 0.2) is 0 Å². The zero-order valence-corrected chi connectivity index (χ0v) is 11.6. The summed E-state index contributed by atoms with van der Waals surface area (Å²) in [4.78, 5) is -0.0824. The van der Waals surface area contributed by atoms with Crippen molar-refractivity contribution in [3.63, 3.8) is 0 Å². The number of nitrogens with two attached hydrogens (primary N) is 1. The third-order valence-corrected chi connectivity index (χ3v) is 3.59. The number of nitriles is 1. The molecule has 0 bridgehead atoms. The fraction of sp³-hybridized carbons (Fsp3) is 0.167. The molecule has 8 heteroatoms. The Balaban J connectivity index is 2.22. The van der Waals surface area contributed by atoms with Crippen LogP contribution in [0.3, 0.4) is 0 Å². The van der Waals surface area contributed by atoms with E-state index < -0.39 is 10.0 Å². The Morgan fingerprint density at radius 3 is 2.80 bits per heavy atom. The maximum Gasteiger partial charge on any atom is 0.238 e. The maximum atomic E-state index is 11.2. The smallest absolute Gasteiger partial charge is 0.238 e. The second-order valence-corrected chi connectivity index (χ2v) is 5.80. The lowest BCUT2D eigenvalue weighted by atomic mass is 10.2. The molecule has 0 saturated carbocycles. The molecular weight excluding hydrogens is 278 g/mol. The van der Waals surface area contributed by atoms with Crippen LogP contribution in [0.25, 0.3) is 0 Å². The van der Waals surface area contributed by atoms with E-state index in [-0.39, 0.29) is 10.5 Å². The van der Waals surface area contributed by atoms with Gasteiger partial charge in [-0.05, 0) is 18.2 Å². The van der Waals surface area contributed by atoms with Crippen LogP contribution < -0.4 is 10.5 Å². The zero-order valence-electron chi connectivity index (χ0n) is 10.7. The first-order chi connectivity index (χ1) is 9.40. The van der Waals surface area contributed by atoms with Gasteiger partial charge in [-0.25, -0.2) is 13.6 Å². The molecular formula is C12H13N5O2S. The molecule has 2 aromatic rings. The van der Waals surface area contributed by atoms with E-state index in [1.54, 1.807) is 10.9 Å². The van der Waals surface area contributed by atoms with Crippen molar-refractivity contribution in [1.82, 2.24) is 9.78 Å². The van der Waals surface area contributed by atoms with E-state index in [4.69, 9.17) is 10.4 Å². The number of benzene rings is 1. The largest absolute Gasteiger partial charge is 0.380 e. The number of hydrogen-bond acceptors (Lipinski definition) is 5. The van der Waals surface area contributed by atoms with Crippen molar-refractivity contribution in [2.45, 2.75) is 11.4 Å². The van der Waals surface area contributed by atoms with Gasteiger partial charge in [-0.3, -0.25) is 4.68 Å². The molecule has 1 aromatic carbocycles. The molecule has 0 radical (unpaired) electrons. The van der Waals surface area contributed by atoms with Gasteiger partial charge >= 0.3 is 0 Å². The van der Waals surface area contributed by atoms with Crippen molar-refractivity contribution < 1.29 is 8.42 Å². The summed E-state index contributed by atoms with van der Waals surface area (Å²) >= 11 is 0. The Kier molecular flexibility index (Phi) is 3.74. The van der Waals surface area contributed by atoms with Gasteiger partial charge in [0.05, 0.1) is 22.3 Å². The fourth-order valence-electron chi connectivity index (χ4n) is 1.71. The minimum Gasteiger partial charge on any atom is -0.380 e. The molecule has 7 nitrogen and oxygen atoms in total. The van der Waals surface area contributed by atoms with Gasteiger partial charge in [0.1, 0.15) is 6.07 Å². The van der Waals surface area contributed by atoms with Crippen LogP contribution in [0.4, 0.5) is 5.69 Å². The summed E-state index contributed by atoms with van der Waals surface area (Å²) < 4.78 is 24.1. The normalized spacial score (nSPS) is 11.1. The number of nitrogens with one attached hydrogen (secondary N) is 1. The second-order valence-electron chi connectivity index (χ2n) is 4.24. The second kappa shape index (κ2) is 5.32. The summed E-state index contributed by atoms with van der Waals surface area (Å²) in [7, 11) is -2.00. The molecule has 0 atom stereocenters. The standard InChI is InChI=1S/C12H13N5O2S/c1-17-8-9(7-16-17)6-15-12-3-2-11(20(14,18)19)4-10(12)5-13/h2-4,7-8,15H,6H2,1H3,(H2,14,18,19). The molecule has 0 aliphatic rings. The van der Waals surface area contributed by atoms with Gasteiger partial charge < -0.3 is 5.32 Å². The Hall–Kier alpha value is -2.37. The highest BCUT2D eigenvalue weighted by atomic mass is 32.2. The number of rotatable bonds is 4. The van der Waals surface area contributed by atoms with Crippen molar-refractivity contribution in [1.29, 1.82) is 5.26 Å². The van der Waals surface area contributed by atoms with Crippen LogP contribution in [0, 0.1) is 11.3 Å². The molecule has 3 N–H and O–H groups in total. The predicted molar refractivity (Wildman–Crippen MR) is 73.1 cm³/mol. The number of primary sulfonamides is 1. The molecule has 20 heavy (non-hydrogen) atoms. The molecule has 0 aliphatic heterocycles. The number of sulfonamides is 1. The minimum absolute atomic E-state index is 0.0824. The van der Waals surface area contributed by atoms with E-state index >= 15 is 0 Å². The van der Waals surface area contributed by atoms with Crippen LogP contribution in [0.1, 0.15) is 11.1 Å². The Bertz CT molecular complexity index is 773. The molecule has 0 spiro atoms. The number of aryl methyl sites for hydroxylation is 1. The van der Waals surface area contributed by atoms with E-state index in [9.17, 15) is 8.42 Å². The van der Waals surface area contributed by atoms with Gasteiger partial charge in [0.25, 0.3) is 0 Å². The average molecular weight is 291 g/mol. The monoisotopic (exact) mass is 291 g/mol. The molecule has 0 amide bonds. The van der Waals surface area contributed by atoms with Crippen LogP contribution in [-0.4, -0.2) is 18.2 Å². The topological polar surface area (TPSA) is 114 Å². The third-order valence-electron chi connectivity index (χ3n) is 2.68. The lowest BCUT2D eigenvalue weighted by molar-refractivity contribution is 0.598. The first-order valence-electron chi connectivity index (χ1n) is 5.68. The highest BCUT2D eigenvalue weighted by molar-refractivity contribution is 7.89. The number of anilines is 1. The summed E-state index contributed by atoms with van der Waals surface area (Å²) in [6.45, 7) is 0.483. The van der Waals surface area contributed by atoms with Crippen molar-refractivity contribution >= 4 is 15.7 Å². The van der Waals surface area contributed by atoms with Gasteiger partial charge in [-0.1, -0.05) is 0 Å². The first-order valence-corrected chi connectivity index (χ1v) is 7.23. The van der Waals surface area contributed by atoms with E-state index in [1.807, 2.05) is 19.3 Å².